The lowest BCUT2D eigenvalue weighted by Gasteiger charge is -2.19. The summed E-state index contributed by atoms with van der Waals surface area (Å²) in [4.78, 5) is 11.8. The zero-order chi connectivity index (χ0) is 15.1. The lowest BCUT2D eigenvalue weighted by Crippen LogP contribution is -2.36. The lowest BCUT2D eigenvalue weighted by molar-refractivity contribution is 0.0563. The molecule has 0 unspecified atom stereocenters. The van der Waals surface area contributed by atoms with Gasteiger partial charge in [-0.05, 0) is 39.3 Å². The average molecular weight is 296 g/mol. The van der Waals surface area contributed by atoms with E-state index >= 15 is 0 Å². The third-order valence-electron chi connectivity index (χ3n) is 2.58. The first-order valence-corrected chi connectivity index (χ1v) is 7.49. The normalized spacial score (nSPS) is 16.3. The van der Waals surface area contributed by atoms with E-state index in [9.17, 15) is 13.2 Å². The third-order valence-corrected chi connectivity index (χ3v) is 3.90. The average Bonchev–Trinajstić information content (AvgIpc) is 2.48. The molecule has 0 saturated heterocycles. The standard InChI is InChI=1S/C13H16N2O4S/c1-8-6-5-7-9-10(8)11(15-20(9,17)18)14-12(16)19-13(2,3)4/h5-7H,1-4H3,(H,14,15,16). The zero-order valence-electron chi connectivity index (χ0n) is 11.7. The number of ether oxygens (including phenoxy) is 1. The molecule has 1 aromatic rings. The Balaban J connectivity index is 2.35. The number of aryl methyl sites for hydroxylation is 1. The van der Waals surface area contributed by atoms with Gasteiger partial charge in [0, 0.05) is 5.56 Å². The molecular formula is C13H16N2O4S. The summed E-state index contributed by atoms with van der Waals surface area (Å²) >= 11 is 0. The summed E-state index contributed by atoms with van der Waals surface area (Å²) in [6.07, 6.45) is -0.734. The molecule has 0 bridgehead atoms. The van der Waals surface area contributed by atoms with Crippen LogP contribution in [0.2, 0.25) is 0 Å². The number of amides is 1. The molecule has 1 aliphatic heterocycles. The van der Waals surface area contributed by atoms with E-state index < -0.39 is 21.7 Å². The van der Waals surface area contributed by atoms with Gasteiger partial charge in [0.15, 0.2) is 5.84 Å². The Labute approximate surface area is 117 Å². The first-order chi connectivity index (χ1) is 9.10. The van der Waals surface area contributed by atoms with Crippen LogP contribution < -0.4 is 5.32 Å². The molecule has 0 radical (unpaired) electrons. The topological polar surface area (TPSA) is 84.8 Å². The maximum Gasteiger partial charge on any atom is 0.413 e. The molecule has 0 spiro atoms. The summed E-state index contributed by atoms with van der Waals surface area (Å²) in [6, 6.07) is 4.86. The van der Waals surface area contributed by atoms with Crippen molar-refractivity contribution in [2.24, 2.45) is 4.40 Å². The number of nitrogens with one attached hydrogen (secondary N) is 1. The molecule has 0 saturated carbocycles. The fraction of sp³-hybridized carbons (Fsp3) is 0.385. The van der Waals surface area contributed by atoms with Gasteiger partial charge in [0.05, 0.1) is 0 Å². The Kier molecular flexibility index (Phi) is 3.33. The van der Waals surface area contributed by atoms with Gasteiger partial charge in [-0.3, -0.25) is 5.32 Å². The number of nitrogens with zero attached hydrogens (tertiary/aromatic N) is 1. The van der Waals surface area contributed by atoms with Gasteiger partial charge < -0.3 is 4.74 Å². The molecular weight excluding hydrogens is 280 g/mol. The lowest BCUT2D eigenvalue weighted by atomic mass is 10.1. The van der Waals surface area contributed by atoms with E-state index in [-0.39, 0.29) is 10.7 Å². The highest BCUT2D eigenvalue weighted by atomic mass is 32.2. The van der Waals surface area contributed by atoms with E-state index in [4.69, 9.17) is 4.74 Å². The number of sulfonamides is 1. The SMILES string of the molecule is Cc1cccc2c1C(NC(=O)OC(C)(C)C)=NS2(=O)=O. The van der Waals surface area contributed by atoms with Crippen molar-refractivity contribution in [3.8, 4) is 0 Å². The molecule has 7 heteroatoms. The highest BCUT2D eigenvalue weighted by molar-refractivity contribution is 7.90. The molecule has 108 valence electrons. The van der Waals surface area contributed by atoms with Crippen LogP contribution in [0.25, 0.3) is 0 Å². The van der Waals surface area contributed by atoms with Crippen LogP contribution in [0.5, 0.6) is 0 Å². The molecule has 0 atom stereocenters. The predicted molar refractivity (Wildman–Crippen MR) is 74.3 cm³/mol. The number of fused-ring (bicyclic) bond motifs is 1. The molecule has 1 aliphatic rings. The summed E-state index contributed by atoms with van der Waals surface area (Å²) in [5.41, 5.74) is 0.466. The number of carbonyl (C=O) groups is 1. The van der Waals surface area contributed by atoms with E-state index in [0.717, 1.165) is 5.56 Å². The predicted octanol–water partition coefficient (Wildman–Crippen LogP) is 1.97. The largest absolute Gasteiger partial charge is 0.444 e. The number of carbonyl (C=O) groups excluding carboxylic acids is 1. The Morgan fingerprint density at radius 1 is 1.30 bits per heavy atom. The van der Waals surface area contributed by atoms with Crippen LogP contribution in [0.15, 0.2) is 27.5 Å². The fourth-order valence-corrected chi connectivity index (χ4v) is 3.10. The van der Waals surface area contributed by atoms with Crippen LogP contribution in [-0.2, 0) is 14.8 Å². The molecule has 0 fully saturated rings. The molecule has 2 rings (SSSR count). The summed E-state index contributed by atoms with van der Waals surface area (Å²) in [7, 11) is -3.75. The number of amidine groups is 1. The van der Waals surface area contributed by atoms with Gasteiger partial charge in [0.25, 0.3) is 10.0 Å². The van der Waals surface area contributed by atoms with Crippen LogP contribution >= 0.6 is 0 Å². The molecule has 1 aromatic carbocycles. The second-order valence-corrected chi connectivity index (χ2v) is 7.06. The van der Waals surface area contributed by atoms with Crippen molar-refractivity contribution in [1.29, 1.82) is 0 Å². The first-order valence-electron chi connectivity index (χ1n) is 6.05. The second-order valence-electron chi connectivity index (χ2n) is 5.49. The Morgan fingerprint density at radius 2 is 1.95 bits per heavy atom. The van der Waals surface area contributed by atoms with E-state index in [1.807, 2.05) is 0 Å². The van der Waals surface area contributed by atoms with Crippen LogP contribution in [0.4, 0.5) is 4.79 Å². The van der Waals surface area contributed by atoms with Gasteiger partial charge >= 0.3 is 6.09 Å². The number of benzene rings is 1. The highest BCUT2D eigenvalue weighted by Crippen LogP contribution is 2.27. The molecule has 20 heavy (non-hydrogen) atoms. The van der Waals surface area contributed by atoms with Gasteiger partial charge in [-0.15, -0.1) is 4.40 Å². The number of rotatable bonds is 0. The maximum absolute atomic E-state index is 11.9. The monoisotopic (exact) mass is 296 g/mol. The van der Waals surface area contributed by atoms with Crippen molar-refractivity contribution < 1.29 is 17.9 Å². The van der Waals surface area contributed by atoms with Crippen LogP contribution in [0.3, 0.4) is 0 Å². The number of hydrogen-bond donors (Lipinski definition) is 1. The van der Waals surface area contributed by atoms with Gasteiger partial charge in [0.2, 0.25) is 0 Å². The molecule has 1 N–H and O–H groups in total. The Bertz CT molecular complexity index is 700. The summed E-state index contributed by atoms with van der Waals surface area (Å²) in [5.74, 6) is 0.00681. The third kappa shape index (κ3) is 2.82. The first kappa shape index (κ1) is 14.5. The van der Waals surface area contributed by atoms with Gasteiger partial charge in [-0.25, -0.2) is 4.79 Å². The Hall–Kier alpha value is -1.89. The molecule has 1 heterocycles. The molecule has 6 nitrogen and oxygen atoms in total. The fourth-order valence-electron chi connectivity index (χ4n) is 1.86. The smallest absolute Gasteiger partial charge is 0.413 e. The minimum atomic E-state index is -3.75. The summed E-state index contributed by atoms with van der Waals surface area (Å²) in [6.45, 7) is 6.92. The van der Waals surface area contributed by atoms with Gasteiger partial charge in [0.1, 0.15) is 10.5 Å². The van der Waals surface area contributed by atoms with Crippen molar-refractivity contribution in [2.75, 3.05) is 0 Å². The van der Waals surface area contributed by atoms with Crippen molar-refractivity contribution in [1.82, 2.24) is 5.32 Å². The van der Waals surface area contributed by atoms with E-state index in [2.05, 4.69) is 9.71 Å². The van der Waals surface area contributed by atoms with Crippen LogP contribution in [-0.4, -0.2) is 25.9 Å². The summed E-state index contributed by atoms with van der Waals surface area (Å²) < 4.78 is 32.5. The second kappa shape index (κ2) is 4.59. The zero-order valence-corrected chi connectivity index (χ0v) is 12.5. The Morgan fingerprint density at radius 3 is 2.55 bits per heavy atom. The minimum absolute atomic E-state index is 0.00681. The minimum Gasteiger partial charge on any atom is -0.444 e. The summed E-state index contributed by atoms with van der Waals surface area (Å²) in [5, 5.41) is 2.40. The van der Waals surface area contributed by atoms with Crippen molar-refractivity contribution in [3.63, 3.8) is 0 Å². The van der Waals surface area contributed by atoms with Crippen molar-refractivity contribution >= 4 is 22.0 Å². The highest BCUT2D eigenvalue weighted by Gasteiger charge is 2.31. The van der Waals surface area contributed by atoms with Gasteiger partial charge in [-0.1, -0.05) is 12.1 Å². The maximum atomic E-state index is 11.9. The number of hydrogen-bond acceptors (Lipinski definition) is 4. The van der Waals surface area contributed by atoms with Crippen LogP contribution in [0, 0.1) is 6.92 Å². The van der Waals surface area contributed by atoms with E-state index in [1.165, 1.54) is 6.07 Å². The van der Waals surface area contributed by atoms with Gasteiger partial charge in [-0.2, -0.15) is 8.42 Å². The molecule has 0 aromatic heterocycles. The van der Waals surface area contributed by atoms with E-state index in [0.29, 0.717) is 5.56 Å². The van der Waals surface area contributed by atoms with Crippen molar-refractivity contribution in [2.45, 2.75) is 38.2 Å². The van der Waals surface area contributed by atoms with Crippen LogP contribution in [0.1, 0.15) is 31.9 Å². The molecule has 1 amide bonds. The quantitative estimate of drug-likeness (QED) is 0.793. The van der Waals surface area contributed by atoms with E-state index in [1.54, 1.807) is 39.8 Å². The van der Waals surface area contributed by atoms with Crippen molar-refractivity contribution in [3.05, 3.63) is 29.3 Å². The molecule has 0 aliphatic carbocycles. The number of alkyl carbamates (subject to hydrolysis) is 1.